The Morgan fingerprint density at radius 1 is 1.48 bits per heavy atom. The molecule has 0 unspecified atom stereocenters. The van der Waals surface area contributed by atoms with Crippen molar-refractivity contribution in [1.82, 2.24) is 5.32 Å². The van der Waals surface area contributed by atoms with Crippen molar-refractivity contribution in [2.45, 2.75) is 52.5 Å². The van der Waals surface area contributed by atoms with Crippen LogP contribution in [0.1, 0.15) is 52.2 Å². The molecule has 0 aliphatic heterocycles. The van der Waals surface area contributed by atoms with E-state index in [9.17, 15) is 4.79 Å². The number of nitrogens with zero attached hydrogens (tertiary/aromatic N) is 3. The highest BCUT2D eigenvalue weighted by atomic mass is 16.5. The van der Waals surface area contributed by atoms with Gasteiger partial charge in [-0.05, 0) is 43.7 Å². The van der Waals surface area contributed by atoms with Gasteiger partial charge in [0.1, 0.15) is 5.75 Å². The van der Waals surface area contributed by atoms with Crippen molar-refractivity contribution in [2.24, 2.45) is 15.7 Å². The summed E-state index contributed by atoms with van der Waals surface area (Å²) in [7, 11) is 0. The Labute approximate surface area is 160 Å². The number of nitrogens with two attached hydrogens (primary N) is 1. The van der Waals surface area contributed by atoms with E-state index in [1.165, 1.54) is 6.20 Å². The Kier molecular flexibility index (Phi) is 7.88. The fourth-order valence-electron chi connectivity index (χ4n) is 2.13. The Hall–Kier alpha value is -2.98. The first-order valence-electron chi connectivity index (χ1n) is 8.62. The van der Waals surface area contributed by atoms with Crippen LogP contribution in [0.2, 0.25) is 0 Å². The molecule has 0 radical (unpaired) electrons. The molecule has 0 bridgehead atoms. The molecule has 0 fully saturated rings. The molecule has 7 heteroatoms. The van der Waals surface area contributed by atoms with Gasteiger partial charge in [-0.25, -0.2) is 9.98 Å². The first kappa shape index (κ1) is 22.1. The predicted molar refractivity (Wildman–Crippen MR) is 108 cm³/mol. The summed E-state index contributed by atoms with van der Waals surface area (Å²) in [5.41, 5.74) is 7.33. The molecule has 0 aliphatic carbocycles. The number of benzene rings is 1. The van der Waals surface area contributed by atoms with Crippen LogP contribution in [0.4, 0.5) is 0 Å². The standard InChI is InChI=1S/C20H27N5O2/c1-7-16(22)18(26)25-13(2)12-24-19(23-6)27-17-9-8-14(11-21)10-15(17)20(3,4)5/h8-10,12,16H,6-7,22H2,1-5H3,(H,25,26)/b13-12+,24-19?/t16-/m1/s1. The summed E-state index contributed by atoms with van der Waals surface area (Å²) < 4.78 is 5.77. The Morgan fingerprint density at radius 3 is 2.67 bits per heavy atom. The summed E-state index contributed by atoms with van der Waals surface area (Å²) in [4.78, 5) is 19.7. The van der Waals surface area contributed by atoms with Crippen molar-refractivity contribution in [2.75, 3.05) is 0 Å². The van der Waals surface area contributed by atoms with E-state index in [2.05, 4.69) is 28.1 Å². The average Bonchev–Trinajstić information content (AvgIpc) is 2.63. The molecule has 1 rings (SSSR count). The molecule has 0 heterocycles. The van der Waals surface area contributed by atoms with Gasteiger partial charge in [-0.2, -0.15) is 5.26 Å². The van der Waals surface area contributed by atoms with Gasteiger partial charge in [-0.3, -0.25) is 4.79 Å². The molecule has 144 valence electrons. The largest absolute Gasteiger partial charge is 0.424 e. The van der Waals surface area contributed by atoms with Gasteiger partial charge in [0, 0.05) is 11.3 Å². The van der Waals surface area contributed by atoms with Gasteiger partial charge in [0.2, 0.25) is 5.91 Å². The van der Waals surface area contributed by atoms with E-state index in [0.717, 1.165) is 5.56 Å². The molecule has 1 aromatic carbocycles. The number of amidine groups is 1. The zero-order valence-corrected chi connectivity index (χ0v) is 16.5. The molecule has 0 saturated heterocycles. The summed E-state index contributed by atoms with van der Waals surface area (Å²) in [6.45, 7) is 13.0. The third-order valence-corrected chi connectivity index (χ3v) is 3.72. The molecule has 3 N–H and O–H groups in total. The van der Waals surface area contributed by atoms with E-state index in [1.54, 1.807) is 25.1 Å². The molecule has 27 heavy (non-hydrogen) atoms. The predicted octanol–water partition coefficient (Wildman–Crippen LogP) is 3.01. The molecule has 0 saturated carbocycles. The minimum absolute atomic E-state index is 0.0265. The van der Waals surface area contributed by atoms with E-state index in [0.29, 0.717) is 23.4 Å². The summed E-state index contributed by atoms with van der Waals surface area (Å²) in [6.07, 6.45) is 1.96. The highest BCUT2D eigenvalue weighted by molar-refractivity contribution is 5.83. The number of aliphatic imine (C=N–C) groups is 2. The van der Waals surface area contributed by atoms with Crippen LogP contribution in [0.25, 0.3) is 0 Å². The molecule has 0 aromatic heterocycles. The molecule has 1 aromatic rings. The maximum atomic E-state index is 11.8. The van der Waals surface area contributed by atoms with Crippen LogP contribution in [0.5, 0.6) is 5.75 Å². The summed E-state index contributed by atoms with van der Waals surface area (Å²) >= 11 is 0. The van der Waals surface area contributed by atoms with E-state index in [1.807, 2.05) is 27.7 Å². The number of carbonyl (C=O) groups excluding carboxylic acids is 1. The number of ether oxygens (including phenoxy) is 1. The Bertz CT molecular complexity index is 798. The zero-order chi connectivity index (χ0) is 20.6. The second kappa shape index (κ2) is 9.64. The van der Waals surface area contributed by atoms with Gasteiger partial charge in [0.05, 0.1) is 23.9 Å². The number of allylic oxidation sites excluding steroid dienone is 1. The normalized spacial score (nSPS) is 13.5. The van der Waals surface area contributed by atoms with Crippen molar-refractivity contribution >= 4 is 18.6 Å². The van der Waals surface area contributed by atoms with Crippen LogP contribution in [-0.2, 0) is 10.2 Å². The lowest BCUT2D eigenvalue weighted by atomic mass is 9.85. The van der Waals surface area contributed by atoms with Crippen molar-refractivity contribution in [3.05, 3.63) is 41.2 Å². The number of hydrogen-bond donors (Lipinski definition) is 2. The highest BCUT2D eigenvalue weighted by Gasteiger charge is 2.20. The second-order valence-corrected chi connectivity index (χ2v) is 7.06. The number of carbonyl (C=O) groups is 1. The molecule has 0 aliphatic rings. The van der Waals surface area contributed by atoms with Crippen molar-refractivity contribution < 1.29 is 9.53 Å². The van der Waals surface area contributed by atoms with Crippen LogP contribution < -0.4 is 15.8 Å². The quantitative estimate of drug-likeness (QED) is 0.613. The lowest BCUT2D eigenvalue weighted by Crippen LogP contribution is -2.39. The van der Waals surface area contributed by atoms with Crippen molar-refractivity contribution in [3.8, 4) is 11.8 Å². The molecule has 1 amide bonds. The highest BCUT2D eigenvalue weighted by Crippen LogP contribution is 2.32. The summed E-state index contributed by atoms with van der Waals surface area (Å²) in [6, 6.07) is 6.73. The van der Waals surface area contributed by atoms with Gasteiger partial charge in [0.25, 0.3) is 0 Å². The first-order valence-corrected chi connectivity index (χ1v) is 8.62. The minimum Gasteiger partial charge on any atom is -0.424 e. The first-order chi connectivity index (χ1) is 12.6. The summed E-state index contributed by atoms with van der Waals surface area (Å²) in [5, 5.41) is 11.8. The molecular formula is C20H27N5O2. The van der Waals surface area contributed by atoms with Crippen LogP contribution in [0.3, 0.4) is 0 Å². The average molecular weight is 369 g/mol. The van der Waals surface area contributed by atoms with Gasteiger partial charge in [0.15, 0.2) is 0 Å². The molecule has 1 atom stereocenters. The number of nitrogens with one attached hydrogen (secondary N) is 1. The van der Waals surface area contributed by atoms with Gasteiger partial charge >= 0.3 is 6.02 Å². The minimum atomic E-state index is -0.571. The van der Waals surface area contributed by atoms with E-state index < -0.39 is 6.04 Å². The van der Waals surface area contributed by atoms with Crippen LogP contribution >= 0.6 is 0 Å². The fourth-order valence-corrected chi connectivity index (χ4v) is 2.13. The van der Waals surface area contributed by atoms with Crippen molar-refractivity contribution in [1.29, 1.82) is 5.26 Å². The third-order valence-electron chi connectivity index (χ3n) is 3.72. The maximum absolute atomic E-state index is 11.8. The SMILES string of the molecule is C=NC(=N/C=C(\C)NC(=O)[C@H](N)CC)Oc1ccc(C#N)cc1C(C)(C)C. The Morgan fingerprint density at radius 2 is 2.15 bits per heavy atom. The smallest absolute Gasteiger partial charge is 0.321 e. The van der Waals surface area contributed by atoms with E-state index >= 15 is 0 Å². The lowest BCUT2D eigenvalue weighted by Gasteiger charge is -2.22. The molecule has 7 nitrogen and oxygen atoms in total. The van der Waals surface area contributed by atoms with Gasteiger partial charge in [-0.1, -0.05) is 27.7 Å². The third kappa shape index (κ3) is 6.68. The fraction of sp³-hybridized carbons (Fsp3) is 0.400. The van der Waals surface area contributed by atoms with Crippen LogP contribution in [-0.4, -0.2) is 24.7 Å². The van der Waals surface area contributed by atoms with Crippen molar-refractivity contribution in [3.63, 3.8) is 0 Å². The van der Waals surface area contributed by atoms with Gasteiger partial charge < -0.3 is 15.8 Å². The van der Waals surface area contributed by atoms with Gasteiger partial charge in [-0.15, -0.1) is 0 Å². The number of amides is 1. The number of nitriles is 1. The van der Waals surface area contributed by atoms with Crippen LogP contribution in [0.15, 0.2) is 40.1 Å². The Balaban J connectivity index is 3.07. The monoisotopic (exact) mass is 369 g/mol. The topological polar surface area (TPSA) is 113 Å². The number of hydrogen-bond acceptors (Lipinski definition) is 5. The summed E-state index contributed by atoms with van der Waals surface area (Å²) in [5.74, 6) is 0.258. The van der Waals surface area contributed by atoms with E-state index in [-0.39, 0.29) is 17.3 Å². The maximum Gasteiger partial charge on any atom is 0.321 e. The molecule has 0 spiro atoms. The van der Waals surface area contributed by atoms with E-state index in [4.69, 9.17) is 15.7 Å². The zero-order valence-electron chi connectivity index (χ0n) is 16.5. The number of rotatable bonds is 5. The lowest BCUT2D eigenvalue weighted by molar-refractivity contribution is -0.121. The second-order valence-electron chi connectivity index (χ2n) is 7.06. The van der Waals surface area contributed by atoms with Crippen LogP contribution in [0, 0.1) is 11.3 Å². The molecular weight excluding hydrogens is 342 g/mol.